The van der Waals surface area contributed by atoms with E-state index in [1.54, 1.807) is 6.92 Å². The van der Waals surface area contributed by atoms with E-state index in [4.69, 9.17) is 5.73 Å². The highest BCUT2D eigenvalue weighted by molar-refractivity contribution is 9.10. The number of benzene rings is 1. The van der Waals surface area contributed by atoms with Crippen LogP contribution in [0.1, 0.15) is 6.92 Å². The highest BCUT2D eigenvalue weighted by atomic mass is 79.9. The quantitative estimate of drug-likeness (QED) is 0.898. The summed E-state index contributed by atoms with van der Waals surface area (Å²) in [5.74, 6) is -2.39. The Labute approximate surface area is 100 Å². The van der Waals surface area contributed by atoms with Gasteiger partial charge in [-0.05, 0) is 22.0 Å². The van der Waals surface area contributed by atoms with E-state index in [0.29, 0.717) is 6.07 Å². The predicted octanol–water partition coefficient (Wildman–Crippen LogP) is 2.26. The zero-order valence-electron chi connectivity index (χ0n) is 8.56. The minimum atomic E-state index is -0.829. The number of hydrogen-bond donors (Lipinski definition) is 2. The molecule has 0 aromatic heterocycles. The molecule has 0 aliphatic carbocycles. The molecule has 0 aliphatic heterocycles. The lowest BCUT2D eigenvalue weighted by Gasteiger charge is -2.12. The summed E-state index contributed by atoms with van der Waals surface area (Å²) >= 11 is 2.97. The molecule has 1 rings (SSSR count). The maximum atomic E-state index is 13.3. The Morgan fingerprint density at radius 2 is 2.19 bits per heavy atom. The van der Waals surface area contributed by atoms with Gasteiger partial charge in [0.05, 0.1) is 5.69 Å². The van der Waals surface area contributed by atoms with Crippen molar-refractivity contribution in [3.8, 4) is 0 Å². The third-order valence-electron chi connectivity index (χ3n) is 2.06. The van der Waals surface area contributed by atoms with Crippen LogP contribution in [-0.4, -0.2) is 12.5 Å². The van der Waals surface area contributed by atoms with Gasteiger partial charge >= 0.3 is 0 Å². The maximum Gasteiger partial charge on any atom is 0.228 e. The van der Waals surface area contributed by atoms with Crippen LogP contribution in [-0.2, 0) is 4.79 Å². The second-order valence-corrected chi connectivity index (χ2v) is 4.22. The summed E-state index contributed by atoms with van der Waals surface area (Å²) in [6, 6.07) is 1.78. The van der Waals surface area contributed by atoms with Gasteiger partial charge in [0.25, 0.3) is 0 Å². The molecule has 3 nitrogen and oxygen atoms in total. The van der Waals surface area contributed by atoms with Gasteiger partial charge in [-0.15, -0.1) is 0 Å². The van der Waals surface area contributed by atoms with Crippen LogP contribution in [0.3, 0.4) is 0 Å². The van der Waals surface area contributed by atoms with Crippen molar-refractivity contribution >= 4 is 27.5 Å². The molecule has 0 radical (unpaired) electrons. The molecule has 0 saturated carbocycles. The fraction of sp³-hybridized carbons (Fsp3) is 0.300. The molecular formula is C10H11BrF2N2O. The van der Waals surface area contributed by atoms with E-state index in [1.165, 1.54) is 0 Å². The topological polar surface area (TPSA) is 55.1 Å². The predicted molar refractivity (Wildman–Crippen MR) is 60.9 cm³/mol. The van der Waals surface area contributed by atoms with Crippen molar-refractivity contribution in [2.24, 2.45) is 11.7 Å². The van der Waals surface area contributed by atoms with Gasteiger partial charge in [0.2, 0.25) is 5.91 Å². The molecule has 0 fully saturated rings. The number of carbonyl (C=O) groups excluding carboxylic acids is 1. The normalized spacial score (nSPS) is 12.3. The Balaban J connectivity index is 2.93. The lowest BCUT2D eigenvalue weighted by molar-refractivity contribution is -0.119. The lowest BCUT2D eigenvalue weighted by atomic mass is 10.1. The summed E-state index contributed by atoms with van der Waals surface area (Å²) in [6.45, 7) is 1.77. The third-order valence-corrected chi connectivity index (χ3v) is 2.68. The van der Waals surface area contributed by atoms with E-state index in [0.717, 1.165) is 6.07 Å². The summed E-state index contributed by atoms with van der Waals surface area (Å²) in [5, 5.41) is 2.35. The van der Waals surface area contributed by atoms with Gasteiger partial charge in [0.15, 0.2) is 5.82 Å². The van der Waals surface area contributed by atoms with Crippen LogP contribution in [0.25, 0.3) is 0 Å². The number of hydrogen-bond acceptors (Lipinski definition) is 2. The standard InChI is InChI=1S/C10H11BrF2N2O/c1-5(4-14)10(16)15-9-7(11)2-6(12)3-8(9)13/h2-3,5H,4,14H2,1H3,(H,15,16). The van der Waals surface area contributed by atoms with Gasteiger partial charge in [-0.3, -0.25) is 4.79 Å². The molecular weight excluding hydrogens is 282 g/mol. The molecule has 0 spiro atoms. The number of nitrogens with one attached hydrogen (secondary N) is 1. The van der Waals surface area contributed by atoms with Gasteiger partial charge in [-0.2, -0.15) is 0 Å². The van der Waals surface area contributed by atoms with Gasteiger partial charge in [0, 0.05) is 23.0 Å². The van der Waals surface area contributed by atoms with E-state index in [9.17, 15) is 13.6 Å². The number of rotatable bonds is 3. The summed E-state index contributed by atoms with van der Waals surface area (Å²) in [6.07, 6.45) is 0. The molecule has 1 aromatic carbocycles. The third kappa shape index (κ3) is 2.99. The van der Waals surface area contributed by atoms with Crippen LogP contribution in [0.4, 0.5) is 14.5 Å². The van der Waals surface area contributed by atoms with Crippen LogP contribution < -0.4 is 11.1 Å². The van der Waals surface area contributed by atoms with Gasteiger partial charge in [-0.1, -0.05) is 6.92 Å². The minimum Gasteiger partial charge on any atom is -0.330 e. The Morgan fingerprint density at radius 1 is 1.56 bits per heavy atom. The van der Waals surface area contributed by atoms with Crippen LogP contribution in [0.5, 0.6) is 0 Å². The van der Waals surface area contributed by atoms with E-state index < -0.39 is 23.5 Å². The number of nitrogens with two attached hydrogens (primary N) is 1. The first-order chi connectivity index (χ1) is 7.45. The van der Waals surface area contributed by atoms with Crippen molar-refractivity contribution in [3.63, 3.8) is 0 Å². The highest BCUT2D eigenvalue weighted by Gasteiger charge is 2.16. The van der Waals surface area contributed by atoms with E-state index >= 15 is 0 Å². The fourth-order valence-electron chi connectivity index (χ4n) is 1.02. The SMILES string of the molecule is CC(CN)C(=O)Nc1c(F)cc(F)cc1Br. The summed E-state index contributed by atoms with van der Waals surface area (Å²) < 4.78 is 26.2. The number of amides is 1. The van der Waals surface area contributed by atoms with Crippen molar-refractivity contribution in [1.29, 1.82) is 0 Å². The van der Waals surface area contributed by atoms with Crippen LogP contribution in [0.15, 0.2) is 16.6 Å². The van der Waals surface area contributed by atoms with Crippen LogP contribution in [0, 0.1) is 17.6 Å². The maximum absolute atomic E-state index is 13.3. The van der Waals surface area contributed by atoms with Crippen molar-refractivity contribution in [1.82, 2.24) is 0 Å². The first-order valence-corrected chi connectivity index (χ1v) is 5.40. The Bertz CT molecular complexity index is 389. The van der Waals surface area contributed by atoms with E-state index in [2.05, 4.69) is 21.2 Å². The van der Waals surface area contributed by atoms with Crippen molar-refractivity contribution < 1.29 is 13.6 Å². The number of halogens is 3. The van der Waals surface area contributed by atoms with Crippen molar-refractivity contribution in [2.45, 2.75) is 6.92 Å². The molecule has 1 amide bonds. The molecule has 0 bridgehead atoms. The first kappa shape index (κ1) is 13.1. The van der Waals surface area contributed by atoms with Crippen molar-refractivity contribution in [2.75, 3.05) is 11.9 Å². The lowest BCUT2D eigenvalue weighted by Crippen LogP contribution is -2.27. The summed E-state index contributed by atoms with van der Waals surface area (Å²) in [4.78, 5) is 11.5. The number of carbonyl (C=O) groups is 1. The second-order valence-electron chi connectivity index (χ2n) is 3.37. The van der Waals surface area contributed by atoms with Crippen LogP contribution >= 0.6 is 15.9 Å². The van der Waals surface area contributed by atoms with E-state index in [1.807, 2.05) is 0 Å². The van der Waals surface area contributed by atoms with Crippen molar-refractivity contribution in [3.05, 3.63) is 28.2 Å². The Hall–Kier alpha value is -1.01. The molecule has 0 saturated heterocycles. The zero-order valence-corrected chi connectivity index (χ0v) is 10.1. The molecule has 6 heteroatoms. The molecule has 1 atom stereocenters. The molecule has 16 heavy (non-hydrogen) atoms. The molecule has 1 unspecified atom stereocenters. The largest absolute Gasteiger partial charge is 0.330 e. The highest BCUT2D eigenvalue weighted by Crippen LogP contribution is 2.27. The monoisotopic (exact) mass is 292 g/mol. The minimum absolute atomic E-state index is 0.0771. The summed E-state index contributed by atoms with van der Waals surface area (Å²) in [7, 11) is 0. The number of anilines is 1. The molecule has 0 aliphatic rings. The Kier molecular flexibility index (Phi) is 4.37. The van der Waals surface area contributed by atoms with Crippen LogP contribution in [0.2, 0.25) is 0 Å². The van der Waals surface area contributed by atoms with Gasteiger partial charge in [-0.25, -0.2) is 8.78 Å². The van der Waals surface area contributed by atoms with Gasteiger partial charge in [0.1, 0.15) is 5.82 Å². The average molecular weight is 293 g/mol. The molecule has 3 N–H and O–H groups in total. The Morgan fingerprint density at radius 3 is 2.69 bits per heavy atom. The smallest absolute Gasteiger partial charge is 0.228 e. The summed E-state index contributed by atoms with van der Waals surface area (Å²) in [5.41, 5.74) is 5.22. The van der Waals surface area contributed by atoms with Gasteiger partial charge < -0.3 is 11.1 Å². The first-order valence-electron chi connectivity index (χ1n) is 4.61. The molecule has 1 aromatic rings. The van der Waals surface area contributed by atoms with E-state index in [-0.39, 0.29) is 16.7 Å². The average Bonchev–Trinajstić information content (AvgIpc) is 2.21. The zero-order chi connectivity index (χ0) is 12.3. The molecule has 88 valence electrons. The molecule has 0 heterocycles. The second kappa shape index (κ2) is 5.36. The fourth-order valence-corrected chi connectivity index (χ4v) is 1.52.